The van der Waals surface area contributed by atoms with Crippen molar-refractivity contribution in [2.45, 2.75) is 90.8 Å². The monoisotopic (exact) mass is 906 g/mol. The van der Waals surface area contributed by atoms with Crippen LogP contribution in [0.2, 0.25) is 0 Å². The van der Waals surface area contributed by atoms with Crippen LogP contribution in [0.4, 0.5) is 15.4 Å². The fraction of sp³-hybridized carbons (Fsp3) is 0.535. The van der Waals surface area contributed by atoms with E-state index in [0.29, 0.717) is 41.1 Å². The van der Waals surface area contributed by atoms with Gasteiger partial charge in [-0.15, -0.1) is 0 Å². The average molecular weight is 907 g/mol. The van der Waals surface area contributed by atoms with Crippen molar-refractivity contribution in [2.24, 2.45) is 5.92 Å². The minimum absolute atomic E-state index is 0.0814. The van der Waals surface area contributed by atoms with Crippen molar-refractivity contribution < 1.29 is 66.7 Å². The van der Waals surface area contributed by atoms with Crippen molar-refractivity contribution in [1.29, 1.82) is 5.26 Å². The number of esters is 4. The summed E-state index contributed by atoms with van der Waals surface area (Å²) in [4.78, 5) is 104. The van der Waals surface area contributed by atoms with Gasteiger partial charge in [-0.3, -0.25) is 23.7 Å². The molecule has 350 valence electrons. The van der Waals surface area contributed by atoms with Crippen LogP contribution < -0.4 is 9.64 Å². The van der Waals surface area contributed by atoms with Gasteiger partial charge in [0.25, 0.3) is 0 Å². The molecule has 22 nitrogen and oxygen atoms in total. The normalized spacial score (nSPS) is 21.5. The van der Waals surface area contributed by atoms with Crippen molar-refractivity contribution >= 4 is 58.8 Å². The number of hydrogen-bond acceptors (Lipinski definition) is 18. The second kappa shape index (κ2) is 21.6. The number of fused-ring (bicyclic) bond motifs is 1. The number of aryl methyl sites for hydroxylation is 1. The maximum Gasteiger partial charge on any atom is 0.409 e. The largest absolute Gasteiger partial charge is 0.467 e. The van der Waals surface area contributed by atoms with Crippen molar-refractivity contribution in [3.05, 3.63) is 47.9 Å². The highest BCUT2D eigenvalue weighted by atomic mass is 16.7. The van der Waals surface area contributed by atoms with E-state index in [1.807, 2.05) is 18.0 Å². The number of likely N-dealkylation sites (tertiary alicyclic amines) is 1. The van der Waals surface area contributed by atoms with Crippen LogP contribution in [0.15, 0.2) is 36.8 Å². The number of likely N-dealkylation sites (N-methyl/N-ethyl adjacent to an activating group) is 3. The molecule has 0 spiro atoms. The summed E-state index contributed by atoms with van der Waals surface area (Å²) < 4.78 is 39.8. The van der Waals surface area contributed by atoms with E-state index in [9.17, 15) is 33.6 Å². The van der Waals surface area contributed by atoms with E-state index < -0.39 is 66.7 Å². The Morgan fingerprint density at radius 1 is 0.908 bits per heavy atom. The zero-order valence-corrected chi connectivity index (χ0v) is 37.7. The molecule has 0 N–H and O–H groups in total. The van der Waals surface area contributed by atoms with Gasteiger partial charge in [-0.25, -0.2) is 24.4 Å². The number of carbonyl (C=O) groups is 7. The Morgan fingerprint density at radius 3 is 2.22 bits per heavy atom. The van der Waals surface area contributed by atoms with Crippen LogP contribution >= 0.6 is 0 Å². The van der Waals surface area contributed by atoms with Crippen molar-refractivity contribution in [3.63, 3.8) is 0 Å². The van der Waals surface area contributed by atoms with Crippen molar-refractivity contribution in [3.8, 4) is 11.8 Å². The fourth-order valence-corrected chi connectivity index (χ4v) is 7.65. The molecule has 65 heavy (non-hydrogen) atoms. The van der Waals surface area contributed by atoms with E-state index in [2.05, 4.69) is 16.9 Å². The maximum absolute atomic E-state index is 13.7. The lowest BCUT2D eigenvalue weighted by atomic mass is 9.92. The summed E-state index contributed by atoms with van der Waals surface area (Å²) >= 11 is 0. The average Bonchev–Trinajstić information content (AvgIpc) is 3.70. The zero-order valence-electron chi connectivity index (χ0n) is 37.7. The molecule has 0 aliphatic carbocycles. The van der Waals surface area contributed by atoms with E-state index in [4.69, 9.17) is 38.4 Å². The van der Waals surface area contributed by atoms with Crippen LogP contribution in [0.5, 0.6) is 5.75 Å². The lowest BCUT2D eigenvalue weighted by Crippen LogP contribution is -2.64. The summed E-state index contributed by atoms with van der Waals surface area (Å²) in [5.41, 5.74) is 1.47. The summed E-state index contributed by atoms with van der Waals surface area (Å²) in [6, 6.07) is 8.01. The van der Waals surface area contributed by atoms with E-state index in [0.717, 1.165) is 34.3 Å². The quantitative estimate of drug-likeness (QED) is 0.166. The van der Waals surface area contributed by atoms with Gasteiger partial charge in [0.15, 0.2) is 24.0 Å². The minimum atomic E-state index is -1.64. The molecule has 2 fully saturated rings. The van der Waals surface area contributed by atoms with Crippen LogP contribution in [0, 0.1) is 24.2 Å². The van der Waals surface area contributed by atoms with E-state index in [-0.39, 0.29) is 49.7 Å². The smallest absolute Gasteiger partial charge is 0.409 e. The number of amides is 3. The molecule has 1 aromatic carbocycles. The molecule has 0 unspecified atom stereocenters. The number of nitrogens with zero attached hydrogens (tertiary/aromatic N) is 8. The zero-order chi connectivity index (χ0) is 47.7. The number of anilines is 1. The van der Waals surface area contributed by atoms with Crippen molar-refractivity contribution in [1.82, 2.24) is 29.2 Å². The predicted octanol–water partition coefficient (Wildman–Crippen LogP) is 2.57. The summed E-state index contributed by atoms with van der Waals surface area (Å²) in [5.74, 6) is -2.64. The number of piperidine rings is 1. The Hall–Kier alpha value is -7.02. The second-order valence-electron chi connectivity index (χ2n) is 15.8. The molecule has 0 saturated carbocycles. The maximum atomic E-state index is 13.7. The molecular weight excluding hydrogens is 853 g/mol. The van der Waals surface area contributed by atoms with Gasteiger partial charge >= 0.3 is 36.0 Å². The molecule has 2 aliphatic rings. The third-order valence-corrected chi connectivity index (χ3v) is 11.1. The fourth-order valence-electron chi connectivity index (χ4n) is 7.65. The topological polar surface area (TPSA) is 252 Å². The first-order valence-electron chi connectivity index (χ1n) is 20.7. The van der Waals surface area contributed by atoms with Gasteiger partial charge in [0.2, 0.25) is 18.3 Å². The number of methoxy groups -OCH3 is 1. The number of benzene rings is 1. The Labute approximate surface area is 375 Å². The second-order valence-corrected chi connectivity index (χ2v) is 15.8. The van der Waals surface area contributed by atoms with Crippen LogP contribution in [-0.4, -0.2) is 162 Å². The van der Waals surface area contributed by atoms with E-state index >= 15 is 0 Å². The van der Waals surface area contributed by atoms with Gasteiger partial charge in [-0.05, 0) is 48.6 Å². The van der Waals surface area contributed by atoms with Crippen LogP contribution in [-0.2, 0) is 59.0 Å². The number of aromatic nitrogens is 3. The third kappa shape index (κ3) is 11.8. The molecule has 3 aromatic rings. The van der Waals surface area contributed by atoms with Gasteiger partial charge in [0.05, 0.1) is 24.6 Å². The van der Waals surface area contributed by atoms with Crippen LogP contribution in [0.25, 0.3) is 11.0 Å². The van der Waals surface area contributed by atoms with Gasteiger partial charge in [0.1, 0.15) is 30.9 Å². The Bertz CT molecular complexity index is 2310. The molecule has 2 saturated heterocycles. The Morgan fingerprint density at radius 2 is 1.57 bits per heavy atom. The Balaban J connectivity index is 1.19. The minimum Gasteiger partial charge on any atom is -0.467 e. The first-order chi connectivity index (χ1) is 30.8. The number of carbonyl (C=O) groups excluding carboxylic acids is 7. The van der Waals surface area contributed by atoms with Crippen LogP contribution in [0.3, 0.4) is 0 Å². The molecule has 2 aliphatic heterocycles. The lowest BCUT2D eigenvalue weighted by molar-refractivity contribution is -0.282. The summed E-state index contributed by atoms with van der Waals surface area (Å²) in [6.45, 7) is 8.19. The van der Waals surface area contributed by atoms with E-state index in [1.165, 1.54) is 33.8 Å². The highest BCUT2D eigenvalue weighted by molar-refractivity contribution is 5.95. The van der Waals surface area contributed by atoms with Gasteiger partial charge in [-0.1, -0.05) is 13.0 Å². The van der Waals surface area contributed by atoms with Gasteiger partial charge in [-0.2, -0.15) is 5.26 Å². The van der Waals surface area contributed by atoms with Crippen LogP contribution in [0.1, 0.15) is 51.7 Å². The molecule has 7 atom stereocenters. The first-order valence-corrected chi connectivity index (χ1v) is 20.7. The first kappa shape index (κ1) is 49.0. The van der Waals surface area contributed by atoms with Gasteiger partial charge < -0.3 is 52.8 Å². The summed E-state index contributed by atoms with van der Waals surface area (Å²) in [5, 5.41) is 9.67. The molecule has 2 aromatic heterocycles. The predicted molar refractivity (Wildman–Crippen MR) is 226 cm³/mol. The lowest BCUT2D eigenvalue weighted by Gasteiger charge is -2.43. The highest BCUT2D eigenvalue weighted by Crippen LogP contribution is 2.33. The highest BCUT2D eigenvalue weighted by Gasteiger charge is 2.56. The molecule has 5 rings (SSSR count). The number of rotatable bonds is 14. The SMILES string of the molecule is COC(=O)[C@H]1O[C@@H](Oc2ccc(COC(=O)N(C)CCN(C)C(=O)n3ccc4c(N(C)[C@H]5CN(C(=O)CC#N)CC[C@H]5C)ncnc43)cc2C)[C@H](OC(C)=O)[C@@H](OC(C)=O)[C@@H]1OC(C)=O. The number of hydrogen-bond donors (Lipinski definition) is 0. The molecule has 0 radical (unpaired) electrons. The standard InChI is InChI=1S/C43H54N8O14/c1-24-13-16-50(33(55)12-15-44)21-31(24)49(8)38-30-14-17-51(39(30)46-23-45-38)42(57)47(6)18-19-48(7)43(58)60-22-29-10-11-32(25(2)20-29)64-41-37(63-28(5)54)35(62-27(4)53)34(61-26(3)52)36(65-41)40(56)59-9/h10-11,14,17,20,23-24,31,34-37,41H,12-13,16,18-19,21-22H2,1-9H3/t24-,31+,34+,35+,36+,37-,41-/m1/s1. The summed E-state index contributed by atoms with van der Waals surface area (Å²) in [6.07, 6.45) is -4.85. The van der Waals surface area contributed by atoms with Gasteiger partial charge in [0, 0.05) is 74.3 Å². The molecular formula is C43H54N8O14. The summed E-state index contributed by atoms with van der Waals surface area (Å²) in [7, 11) is 6.10. The van der Waals surface area contributed by atoms with Crippen molar-refractivity contribution in [2.75, 3.05) is 59.3 Å². The molecule has 22 heteroatoms. The molecule has 3 amide bonds. The molecule has 4 heterocycles. The Kier molecular flexibility index (Phi) is 16.3. The number of ether oxygens (including phenoxy) is 7. The molecule has 0 bridgehead atoms. The van der Waals surface area contributed by atoms with E-state index in [1.54, 1.807) is 43.3 Å². The third-order valence-electron chi connectivity index (χ3n) is 11.1. The number of nitriles is 1.